The number of rotatable bonds is 3. The van der Waals surface area contributed by atoms with Crippen LogP contribution in [0.2, 0.25) is 0 Å². The van der Waals surface area contributed by atoms with E-state index < -0.39 is 5.97 Å². The van der Waals surface area contributed by atoms with Crippen LogP contribution in [0, 0.1) is 0 Å². The van der Waals surface area contributed by atoms with Crippen molar-refractivity contribution in [3.8, 4) is 0 Å². The lowest BCUT2D eigenvalue weighted by atomic mass is 10.0. The lowest BCUT2D eigenvalue weighted by Crippen LogP contribution is -2.18. The van der Waals surface area contributed by atoms with Gasteiger partial charge in [0.1, 0.15) is 0 Å². The van der Waals surface area contributed by atoms with Crippen LogP contribution < -0.4 is 5.32 Å². The average Bonchev–Trinajstić information content (AvgIpc) is 2.37. The molecule has 0 fully saturated rings. The van der Waals surface area contributed by atoms with Gasteiger partial charge < -0.3 is 10.1 Å². The average molecular weight is 233 g/mol. The van der Waals surface area contributed by atoms with Gasteiger partial charge in [-0.25, -0.2) is 4.79 Å². The summed E-state index contributed by atoms with van der Waals surface area (Å²) in [5.41, 5.74) is 1.66. The molecule has 1 aromatic rings. The third kappa shape index (κ3) is 3.17. The number of esters is 1. The molecule has 1 rings (SSSR count). The number of hydrogen-bond donors (Lipinski definition) is 1. The predicted octanol–water partition coefficient (Wildman–Crippen LogP) is 1.62. The Balaban J connectivity index is 3.14. The zero-order chi connectivity index (χ0) is 12.8. The van der Waals surface area contributed by atoms with Crippen molar-refractivity contribution in [3.63, 3.8) is 0 Å². The third-order valence-corrected chi connectivity index (χ3v) is 2.31. The van der Waals surface area contributed by atoms with Gasteiger partial charge in [0.25, 0.3) is 5.91 Å². The Labute approximate surface area is 100 Å². The summed E-state index contributed by atoms with van der Waals surface area (Å²) >= 11 is 0. The number of hydrogen-bond acceptors (Lipinski definition) is 3. The van der Waals surface area contributed by atoms with E-state index in [1.165, 1.54) is 7.11 Å². The number of benzene rings is 1. The normalized spacial score (nSPS) is 10.9. The first-order chi connectivity index (χ1) is 8.10. The third-order valence-electron chi connectivity index (χ3n) is 2.31. The van der Waals surface area contributed by atoms with Gasteiger partial charge >= 0.3 is 5.97 Å². The van der Waals surface area contributed by atoms with Gasteiger partial charge in [-0.05, 0) is 24.6 Å². The number of carbonyl (C=O) groups is 2. The molecule has 0 unspecified atom stereocenters. The molecule has 0 aliphatic rings. The molecule has 0 heterocycles. The summed E-state index contributed by atoms with van der Waals surface area (Å²) < 4.78 is 4.60. The first-order valence-corrected chi connectivity index (χ1v) is 5.18. The molecule has 1 aromatic carbocycles. The van der Waals surface area contributed by atoms with Gasteiger partial charge in [-0.3, -0.25) is 4.79 Å². The molecular weight excluding hydrogens is 218 g/mol. The highest BCUT2D eigenvalue weighted by Crippen LogP contribution is 2.13. The molecule has 90 valence electrons. The summed E-state index contributed by atoms with van der Waals surface area (Å²) in [4.78, 5) is 22.9. The highest BCUT2D eigenvalue weighted by molar-refractivity contribution is 6.00. The minimum absolute atomic E-state index is 0.186. The first kappa shape index (κ1) is 13.0. The van der Waals surface area contributed by atoms with Gasteiger partial charge in [0.05, 0.1) is 7.11 Å². The fourth-order valence-corrected chi connectivity index (χ4v) is 1.42. The largest absolute Gasteiger partial charge is 0.466 e. The maximum absolute atomic E-state index is 11.6. The molecule has 4 heteroatoms. The van der Waals surface area contributed by atoms with E-state index in [-0.39, 0.29) is 5.91 Å². The Morgan fingerprint density at radius 2 is 1.94 bits per heavy atom. The fraction of sp³-hybridized carbons (Fsp3) is 0.231. The van der Waals surface area contributed by atoms with E-state index in [0.29, 0.717) is 16.7 Å². The number of methoxy groups -OCH3 is 1. The second-order valence-electron chi connectivity index (χ2n) is 3.49. The van der Waals surface area contributed by atoms with Gasteiger partial charge in [0.15, 0.2) is 0 Å². The zero-order valence-electron chi connectivity index (χ0n) is 10.1. The molecule has 0 saturated heterocycles. The first-order valence-electron chi connectivity index (χ1n) is 5.18. The molecule has 0 aromatic heterocycles. The van der Waals surface area contributed by atoms with E-state index in [2.05, 4.69) is 10.1 Å². The van der Waals surface area contributed by atoms with Crippen LogP contribution in [0.5, 0.6) is 0 Å². The van der Waals surface area contributed by atoms with Gasteiger partial charge in [-0.2, -0.15) is 0 Å². The molecule has 0 saturated carbocycles. The van der Waals surface area contributed by atoms with Crippen LogP contribution >= 0.6 is 0 Å². The lowest BCUT2D eigenvalue weighted by Gasteiger charge is -2.05. The lowest BCUT2D eigenvalue weighted by molar-refractivity contribution is -0.135. The number of ether oxygens (including phenoxy) is 1. The van der Waals surface area contributed by atoms with Crippen molar-refractivity contribution < 1.29 is 14.3 Å². The summed E-state index contributed by atoms with van der Waals surface area (Å²) in [5, 5.41) is 2.55. The molecule has 0 aliphatic heterocycles. The van der Waals surface area contributed by atoms with Crippen molar-refractivity contribution in [2.75, 3.05) is 14.2 Å². The minimum Gasteiger partial charge on any atom is -0.466 e. The van der Waals surface area contributed by atoms with Crippen molar-refractivity contribution in [1.82, 2.24) is 5.32 Å². The maximum atomic E-state index is 11.6. The van der Waals surface area contributed by atoms with Gasteiger partial charge in [-0.1, -0.05) is 18.2 Å². The maximum Gasteiger partial charge on any atom is 0.333 e. The number of amides is 1. The van der Waals surface area contributed by atoms with Crippen molar-refractivity contribution in [1.29, 1.82) is 0 Å². The molecule has 0 atom stereocenters. The summed E-state index contributed by atoms with van der Waals surface area (Å²) in [6.07, 6.45) is 1.64. The van der Waals surface area contributed by atoms with E-state index in [1.807, 2.05) is 6.07 Å². The van der Waals surface area contributed by atoms with Crippen molar-refractivity contribution in [2.45, 2.75) is 6.92 Å². The molecule has 0 spiro atoms. The predicted molar refractivity (Wildman–Crippen MR) is 65.5 cm³/mol. The molecule has 1 N–H and O–H groups in total. The topological polar surface area (TPSA) is 55.4 Å². The monoisotopic (exact) mass is 233 g/mol. The molecule has 0 bridgehead atoms. The Kier molecular flexibility index (Phi) is 4.46. The van der Waals surface area contributed by atoms with Crippen LogP contribution in [0.3, 0.4) is 0 Å². The van der Waals surface area contributed by atoms with Gasteiger partial charge in [0.2, 0.25) is 0 Å². The Hall–Kier alpha value is -2.10. The van der Waals surface area contributed by atoms with E-state index in [0.717, 1.165) is 0 Å². The quantitative estimate of drug-likeness (QED) is 0.637. The number of carbonyl (C=O) groups excluding carboxylic acids is 2. The van der Waals surface area contributed by atoms with Crippen LogP contribution in [0.4, 0.5) is 0 Å². The highest BCUT2D eigenvalue weighted by atomic mass is 16.5. The highest BCUT2D eigenvalue weighted by Gasteiger charge is 2.09. The van der Waals surface area contributed by atoms with Crippen LogP contribution in [-0.4, -0.2) is 26.0 Å². The number of nitrogens with one attached hydrogen (secondary N) is 1. The van der Waals surface area contributed by atoms with Crippen LogP contribution in [0.15, 0.2) is 29.8 Å². The van der Waals surface area contributed by atoms with Crippen molar-refractivity contribution >= 4 is 18.0 Å². The summed E-state index contributed by atoms with van der Waals surface area (Å²) in [7, 11) is 2.89. The molecule has 0 radical (unpaired) electrons. The molecule has 17 heavy (non-hydrogen) atoms. The SMILES string of the molecule is CNC(=O)c1ccccc1/C=C(\C)C(=O)OC. The molecule has 4 nitrogen and oxygen atoms in total. The van der Waals surface area contributed by atoms with Crippen LogP contribution in [0.25, 0.3) is 6.08 Å². The van der Waals surface area contributed by atoms with E-state index >= 15 is 0 Å². The Bertz CT molecular complexity index is 463. The Morgan fingerprint density at radius 1 is 1.29 bits per heavy atom. The van der Waals surface area contributed by atoms with Crippen molar-refractivity contribution in [2.24, 2.45) is 0 Å². The second-order valence-corrected chi connectivity index (χ2v) is 3.49. The van der Waals surface area contributed by atoms with Crippen molar-refractivity contribution in [3.05, 3.63) is 41.0 Å². The second kappa shape index (κ2) is 5.84. The molecular formula is C13H15NO3. The summed E-state index contributed by atoms with van der Waals surface area (Å²) in [6.45, 7) is 1.65. The summed E-state index contributed by atoms with van der Waals surface area (Å²) in [6, 6.07) is 7.06. The minimum atomic E-state index is -0.406. The standard InChI is InChI=1S/C13H15NO3/c1-9(13(16)17-3)8-10-6-4-5-7-11(10)12(15)14-2/h4-8H,1-3H3,(H,14,15)/b9-8+. The molecule has 1 amide bonds. The van der Waals surface area contributed by atoms with E-state index in [4.69, 9.17) is 0 Å². The smallest absolute Gasteiger partial charge is 0.333 e. The zero-order valence-corrected chi connectivity index (χ0v) is 10.1. The Morgan fingerprint density at radius 3 is 2.53 bits per heavy atom. The van der Waals surface area contributed by atoms with Gasteiger partial charge in [0, 0.05) is 18.2 Å². The molecule has 0 aliphatic carbocycles. The summed E-state index contributed by atoms with van der Waals surface area (Å²) in [5.74, 6) is -0.591. The van der Waals surface area contributed by atoms with Crippen LogP contribution in [-0.2, 0) is 9.53 Å². The van der Waals surface area contributed by atoms with E-state index in [1.54, 1.807) is 38.2 Å². The van der Waals surface area contributed by atoms with Gasteiger partial charge in [-0.15, -0.1) is 0 Å². The fourth-order valence-electron chi connectivity index (χ4n) is 1.42. The van der Waals surface area contributed by atoms with E-state index in [9.17, 15) is 9.59 Å². The van der Waals surface area contributed by atoms with Crippen LogP contribution in [0.1, 0.15) is 22.8 Å².